The van der Waals surface area contributed by atoms with E-state index < -0.39 is 0 Å². The van der Waals surface area contributed by atoms with E-state index in [4.69, 9.17) is 0 Å². The zero-order chi connectivity index (χ0) is 18.9. The normalized spacial score (nSPS) is 13.0. The van der Waals surface area contributed by atoms with Crippen LogP contribution in [0.4, 0.5) is 0 Å². The molecule has 0 aromatic heterocycles. The van der Waals surface area contributed by atoms with Crippen LogP contribution in [0.1, 0.15) is 56.4 Å². The van der Waals surface area contributed by atoms with E-state index in [0.29, 0.717) is 0 Å². The van der Waals surface area contributed by atoms with Crippen molar-refractivity contribution in [3.05, 3.63) is 100 Å². The van der Waals surface area contributed by atoms with Crippen LogP contribution >= 0.6 is 0 Å². The van der Waals surface area contributed by atoms with Crippen molar-refractivity contribution in [2.24, 2.45) is 0 Å². The van der Waals surface area contributed by atoms with Crippen LogP contribution in [0, 0.1) is 6.92 Å². The average molecular weight is 343 g/mol. The molecule has 0 unspecified atom stereocenters. The number of aryl methyl sites for hydroxylation is 1. The lowest BCUT2D eigenvalue weighted by Gasteiger charge is -2.14. The number of hydrogen-bond donors (Lipinski definition) is 0. The molecule has 0 bridgehead atoms. The Hall–Kier alpha value is -2.56. The average Bonchev–Trinajstić information content (AvgIpc) is 2.87. The van der Waals surface area contributed by atoms with Gasteiger partial charge in [-0.05, 0) is 59.7 Å². The van der Waals surface area contributed by atoms with Gasteiger partial charge >= 0.3 is 0 Å². The minimum Gasteiger partial charge on any atom is -0.108 e. The number of allylic oxidation sites excluding steroid dienone is 5. The first kappa shape index (κ1) is 19.8. The number of benzene rings is 2. The zero-order valence-electron chi connectivity index (χ0n) is 16.8. The van der Waals surface area contributed by atoms with Gasteiger partial charge in [-0.3, -0.25) is 0 Å². The molecule has 0 N–H and O–H groups in total. The summed E-state index contributed by atoms with van der Waals surface area (Å²) in [5.41, 5.74) is 12.6. The Labute approximate surface area is 159 Å². The molecule has 3 rings (SSSR count). The van der Waals surface area contributed by atoms with Crippen LogP contribution in [-0.4, -0.2) is 0 Å². The van der Waals surface area contributed by atoms with E-state index in [0.717, 1.165) is 18.4 Å². The van der Waals surface area contributed by atoms with Crippen LogP contribution < -0.4 is 0 Å². The smallest absolute Gasteiger partial charge is 0.0240 e. The summed E-state index contributed by atoms with van der Waals surface area (Å²) in [4.78, 5) is 0. The molecule has 0 heteroatoms. The molecule has 0 fully saturated rings. The predicted molar refractivity (Wildman–Crippen MR) is 116 cm³/mol. The van der Waals surface area contributed by atoms with Gasteiger partial charge in [0, 0.05) is 5.57 Å². The third kappa shape index (κ3) is 4.54. The highest BCUT2D eigenvalue weighted by Gasteiger charge is 2.12. The fourth-order valence-corrected chi connectivity index (χ4v) is 3.29. The van der Waals surface area contributed by atoms with Crippen LogP contribution in [-0.2, 0) is 6.42 Å². The van der Waals surface area contributed by atoms with Crippen molar-refractivity contribution in [3.8, 4) is 0 Å². The van der Waals surface area contributed by atoms with Crippen LogP contribution in [0.3, 0.4) is 0 Å². The molecular formula is C26H30. The Morgan fingerprint density at radius 2 is 1.62 bits per heavy atom. The zero-order valence-corrected chi connectivity index (χ0v) is 16.8. The minimum atomic E-state index is 1.12. The summed E-state index contributed by atoms with van der Waals surface area (Å²) in [5.74, 6) is 0. The summed E-state index contributed by atoms with van der Waals surface area (Å²) in [6.45, 7) is 10.6. The molecule has 0 aliphatic heterocycles. The second kappa shape index (κ2) is 9.80. The Bertz CT molecular complexity index is 854. The first-order chi connectivity index (χ1) is 12.7. The molecule has 2 aromatic rings. The quantitative estimate of drug-likeness (QED) is 0.503. The Balaban J connectivity index is 0.00000117. The molecule has 1 aliphatic carbocycles. The van der Waals surface area contributed by atoms with Crippen molar-refractivity contribution in [3.63, 3.8) is 0 Å². The van der Waals surface area contributed by atoms with Crippen LogP contribution in [0.15, 0.2) is 78.1 Å². The molecule has 0 saturated carbocycles. The highest BCUT2D eigenvalue weighted by Crippen LogP contribution is 2.31. The second-order valence-corrected chi connectivity index (χ2v) is 6.32. The van der Waals surface area contributed by atoms with Gasteiger partial charge in [0.05, 0.1) is 0 Å². The molecule has 0 nitrogen and oxygen atoms in total. The molecule has 0 spiro atoms. The van der Waals surface area contributed by atoms with Crippen molar-refractivity contribution in [1.82, 2.24) is 0 Å². The monoisotopic (exact) mass is 342 g/mol. The number of hydrogen-bond acceptors (Lipinski definition) is 0. The molecule has 0 atom stereocenters. The van der Waals surface area contributed by atoms with E-state index in [-0.39, 0.29) is 0 Å². The van der Waals surface area contributed by atoms with E-state index in [2.05, 4.69) is 93.3 Å². The van der Waals surface area contributed by atoms with Crippen LogP contribution in [0.25, 0.3) is 11.1 Å². The van der Waals surface area contributed by atoms with Gasteiger partial charge in [-0.25, -0.2) is 0 Å². The second-order valence-electron chi connectivity index (χ2n) is 6.32. The van der Waals surface area contributed by atoms with E-state index in [1.807, 2.05) is 13.8 Å². The van der Waals surface area contributed by atoms with Gasteiger partial charge in [0.2, 0.25) is 0 Å². The van der Waals surface area contributed by atoms with E-state index in [9.17, 15) is 0 Å². The lowest BCUT2D eigenvalue weighted by Crippen LogP contribution is -1.97. The molecule has 1 aliphatic rings. The summed E-state index contributed by atoms with van der Waals surface area (Å²) in [5, 5.41) is 0. The summed E-state index contributed by atoms with van der Waals surface area (Å²) >= 11 is 0. The summed E-state index contributed by atoms with van der Waals surface area (Å²) < 4.78 is 0. The van der Waals surface area contributed by atoms with E-state index in [1.54, 1.807) is 0 Å². The molecule has 134 valence electrons. The largest absolute Gasteiger partial charge is 0.108 e. The van der Waals surface area contributed by atoms with Gasteiger partial charge in [-0.1, -0.05) is 87.9 Å². The van der Waals surface area contributed by atoms with Crippen molar-refractivity contribution in [1.29, 1.82) is 0 Å². The van der Waals surface area contributed by atoms with Crippen molar-refractivity contribution >= 4 is 11.1 Å². The Morgan fingerprint density at radius 3 is 2.31 bits per heavy atom. The fraction of sp³-hybridized carbons (Fsp3) is 0.269. The maximum Gasteiger partial charge on any atom is 0.0240 e. The molecule has 2 aromatic carbocycles. The third-order valence-corrected chi connectivity index (χ3v) is 4.54. The SMILES string of the molecule is CC.CCCc1c(C)cccc1C1=CC=CC(c2ccccc2)=C=C1C. The van der Waals surface area contributed by atoms with Crippen molar-refractivity contribution in [2.45, 2.75) is 47.5 Å². The van der Waals surface area contributed by atoms with Crippen molar-refractivity contribution in [2.75, 3.05) is 0 Å². The molecule has 0 heterocycles. The van der Waals surface area contributed by atoms with E-state index in [1.165, 1.54) is 33.4 Å². The fourth-order valence-electron chi connectivity index (χ4n) is 3.29. The number of rotatable bonds is 4. The summed E-state index contributed by atoms with van der Waals surface area (Å²) in [6, 6.07) is 17.1. The lowest BCUT2D eigenvalue weighted by atomic mass is 9.90. The van der Waals surface area contributed by atoms with Crippen molar-refractivity contribution < 1.29 is 0 Å². The first-order valence-corrected chi connectivity index (χ1v) is 9.71. The molecular weight excluding hydrogens is 312 g/mol. The molecule has 0 saturated heterocycles. The first-order valence-electron chi connectivity index (χ1n) is 9.71. The summed E-state index contributed by atoms with van der Waals surface area (Å²) in [6.07, 6.45) is 8.81. The Morgan fingerprint density at radius 1 is 0.885 bits per heavy atom. The minimum absolute atomic E-state index is 1.12. The lowest BCUT2D eigenvalue weighted by molar-refractivity contribution is 0.909. The van der Waals surface area contributed by atoms with Gasteiger partial charge in [0.15, 0.2) is 0 Å². The maximum atomic E-state index is 3.61. The highest BCUT2D eigenvalue weighted by atomic mass is 14.2. The molecule has 0 radical (unpaired) electrons. The van der Waals surface area contributed by atoms with Gasteiger partial charge in [-0.15, -0.1) is 5.73 Å². The molecule has 0 amide bonds. The Kier molecular flexibility index (Phi) is 7.45. The third-order valence-electron chi connectivity index (χ3n) is 4.54. The molecule has 26 heavy (non-hydrogen) atoms. The van der Waals surface area contributed by atoms with E-state index >= 15 is 0 Å². The van der Waals surface area contributed by atoms with Crippen LogP contribution in [0.5, 0.6) is 0 Å². The van der Waals surface area contributed by atoms with Crippen LogP contribution in [0.2, 0.25) is 0 Å². The highest BCUT2D eigenvalue weighted by molar-refractivity contribution is 5.86. The van der Waals surface area contributed by atoms with Gasteiger partial charge < -0.3 is 0 Å². The topological polar surface area (TPSA) is 0 Å². The van der Waals surface area contributed by atoms with Gasteiger partial charge in [-0.2, -0.15) is 0 Å². The van der Waals surface area contributed by atoms with Gasteiger partial charge in [0.1, 0.15) is 0 Å². The standard InChI is InChI=1S/C24H24.C2H6/c1-4-10-22-18(2)11-8-16-24(22)23-15-9-14-21(17-19(23)3)20-12-6-5-7-13-20;1-2/h5-9,11-16H,4,10H2,1-3H3;1-2H3. The summed E-state index contributed by atoms with van der Waals surface area (Å²) in [7, 11) is 0. The van der Waals surface area contributed by atoms with Gasteiger partial charge in [0.25, 0.3) is 0 Å². The predicted octanol–water partition coefficient (Wildman–Crippen LogP) is 7.56. The maximum absolute atomic E-state index is 3.61.